The van der Waals surface area contributed by atoms with Gasteiger partial charge in [0, 0.05) is 57.7 Å². The number of nitrogens with one attached hydrogen (secondary N) is 4. The molecule has 0 bridgehead atoms. The smallest absolute Gasteiger partial charge is 0.326 e. The second kappa shape index (κ2) is 29.5. The Morgan fingerprint density at radius 2 is 1.54 bits per heavy atom. The van der Waals surface area contributed by atoms with Crippen LogP contribution >= 0.6 is 0 Å². The van der Waals surface area contributed by atoms with Crippen molar-refractivity contribution in [1.82, 2.24) is 26.2 Å². The van der Waals surface area contributed by atoms with Crippen LogP contribution in [0.2, 0.25) is 0 Å². The number of aliphatic carboxylic acids is 2. The number of nitrogens with two attached hydrogens (primary N) is 2. The van der Waals surface area contributed by atoms with E-state index in [2.05, 4.69) is 32.8 Å². The number of carbonyl (C=O) groups is 9. The predicted octanol–water partition coefficient (Wildman–Crippen LogP) is 2.80. The highest BCUT2D eigenvalue weighted by Gasteiger charge is 2.38. The first-order valence-corrected chi connectivity index (χ1v) is 23.9. The Bertz CT molecular complexity index is 2150. The van der Waals surface area contributed by atoms with E-state index in [1.807, 2.05) is 50.3 Å². The fourth-order valence-electron chi connectivity index (χ4n) is 7.99. The van der Waals surface area contributed by atoms with Crippen LogP contribution in [0.5, 0.6) is 0 Å². The summed E-state index contributed by atoms with van der Waals surface area (Å²) >= 11 is 0. The third kappa shape index (κ3) is 20.3. The molecule has 1 fully saturated rings. The van der Waals surface area contributed by atoms with E-state index in [1.165, 1.54) is 27.8 Å². The zero-order chi connectivity index (χ0) is 53.7. The lowest BCUT2D eigenvalue weighted by atomic mass is 9.81. The molecule has 0 spiro atoms. The minimum Gasteiger partial charge on any atom is -0.481 e. The minimum absolute atomic E-state index is 0.0260. The van der Waals surface area contributed by atoms with Crippen LogP contribution in [-0.4, -0.2) is 125 Å². The van der Waals surface area contributed by atoms with Crippen LogP contribution in [0.4, 0.5) is 0 Å². The zero-order valence-electron chi connectivity index (χ0n) is 42.6. The molecule has 0 saturated carbocycles. The first-order chi connectivity index (χ1) is 33.3. The van der Waals surface area contributed by atoms with Gasteiger partial charge in [0.1, 0.15) is 23.6 Å². The number of likely N-dealkylation sites (N-methyl/N-ethyl adjacent to an activating group) is 1. The maximum atomic E-state index is 14.4. The second-order valence-electron chi connectivity index (χ2n) is 18.9. The number of hydrogen-bond acceptors (Lipinski definition) is 11. The Morgan fingerprint density at radius 1 is 0.887 bits per heavy atom. The van der Waals surface area contributed by atoms with Gasteiger partial charge < -0.3 is 52.6 Å². The largest absolute Gasteiger partial charge is 0.481 e. The van der Waals surface area contributed by atoms with Crippen LogP contribution in [0.3, 0.4) is 0 Å². The minimum atomic E-state index is -1.60. The van der Waals surface area contributed by atoms with Crippen LogP contribution in [0.25, 0.3) is 0 Å². The molecule has 71 heavy (non-hydrogen) atoms. The van der Waals surface area contributed by atoms with Gasteiger partial charge in [-0.2, -0.15) is 0 Å². The summed E-state index contributed by atoms with van der Waals surface area (Å²) in [5.41, 5.74) is 12.5. The number of nitrogens with zero attached hydrogens (tertiary/aromatic N) is 2. The fourth-order valence-corrected chi connectivity index (χ4v) is 7.99. The summed E-state index contributed by atoms with van der Waals surface area (Å²) in [5, 5.41) is 30.9. The molecule has 20 heteroatoms. The molecule has 20 nitrogen and oxygen atoms in total. The molecule has 0 aliphatic carbocycles. The van der Waals surface area contributed by atoms with Crippen LogP contribution in [-0.2, 0) is 54.3 Å². The number of aliphatic imine (C=N–C) groups is 1. The average Bonchev–Trinajstić information content (AvgIpc) is 3.31. The maximum absolute atomic E-state index is 14.4. The highest BCUT2D eigenvalue weighted by molar-refractivity contribution is 6.00. The first kappa shape index (κ1) is 60.4. The number of benzene rings is 1. The van der Waals surface area contributed by atoms with Gasteiger partial charge in [0.2, 0.25) is 23.6 Å². The molecule has 1 aliphatic heterocycles. The summed E-state index contributed by atoms with van der Waals surface area (Å²) in [5.74, 6) is -13.9. The van der Waals surface area contributed by atoms with Gasteiger partial charge in [0.25, 0.3) is 5.91 Å². The number of hydrogen-bond donors (Lipinski definition) is 8. The van der Waals surface area contributed by atoms with Crippen LogP contribution in [0.1, 0.15) is 99.0 Å². The van der Waals surface area contributed by atoms with E-state index >= 15 is 0 Å². The SMILES string of the molecule is C=C1C(=O)N[C@H](C)C(=O)N[C@@H](CC(C)C)C(=O)C[C@@H](C(=O)O)[C@H](C)C(=O)C[C@@H](CCCN=C(N)N)C(=O)N[C@@H](/C=C/C(C)=C/[C@H](C)[C@H](Cc2ccccc2)OC)[C@H](C)C(=O)N[C@@H](C(=O)O)CCC(=O)N1C. The standard InChI is InChI=1S/C51H76N8O12/c1-28(2)23-40-42(61)27-37(49(67)68)31(5)41(60)26-36(17-14-22-54-51(52)53)48(66)56-38(19-18-29(3)24-30(4)43(71-10)25-35-15-12-11-13-16-35)32(6)45(63)57-39(50(69)70)20-21-44(62)59(9)34(8)47(65)55-33(7)46(64)58-40/h11-13,15-16,18-19,24,28,30-33,36-40,43H,8,14,17,20-23,25-27H2,1-7,9-10H3,(H,55,65)(H,56,66)(H,57,63)(H,58,64)(H,67,68)(H,69,70)(H4,52,53,54)/b19-18+,29-24+/t30-,31-,32-,33+,36+,37+,38-,39+,40-,43-/m0/s1. The Hall–Kier alpha value is -6.70. The number of Topliss-reactive ketones (excluding diaryl/α,β-unsaturated/α-hetero) is 2. The van der Waals surface area contributed by atoms with Crippen molar-refractivity contribution in [3.8, 4) is 0 Å². The molecule has 10 atom stereocenters. The molecular formula is C51H76N8O12. The number of ether oxygens (including phenoxy) is 1. The molecule has 0 aromatic heterocycles. The summed E-state index contributed by atoms with van der Waals surface area (Å²) in [6, 6.07) is 4.56. The summed E-state index contributed by atoms with van der Waals surface area (Å²) in [6.07, 6.45) is 3.92. The molecule has 1 aromatic rings. The summed E-state index contributed by atoms with van der Waals surface area (Å²) in [6.45, 7) is 15.2. The number of allylic oxidation sites excluding steroid dienone is 2. The third-order valence-electron chi connectivity index (χ3n) is 12.7. The van der Waals surface area contributed by atoms with E-state index in [1.54, 1.807) is 33.1 Å². The van der Waals surface area contributed by atoms with E-state index in [4.69, 9.17) is 16.2 Å². The Morgan fingerprint density at radius 3 is 2.11 bits per heavy atom. The van der Waals surface area contributed by atoms with E-state index in [9.17, 15) is 53.4 Å². The molecule has 5 amide bonds. The Balaban J connectivity index is 2.73. The lowest BCUT2D eigenvalue weighted by Gasteiger charge is -2.27. The molecule has 1 heterocycles. The number of carboxylic acids is 2. The predicted molar refractivity (Wildman–Crippen MR) is 267 cm³/mol. The van der Waals surface area contributed by atoms with Crippen molar-refractivity contribution >= 4 is 59.0 Å². The third-order valence-corrected chi connectivity index (χ3v) is 12.7. The molecule has 10 N–H and O–H groups in total. The maximum Gasteiger partial charge on any atom is 0.326 e. The summed E-state index contributed by atoms with van der Waals surface area (Å²) in [4.78, 5) is 126. The fraction of sp³-hybridized carbons (Fsp3) is 0.569. The second-order valence-corrected chi connectivity index (χ2v) is 18.9. The molecule has 0 radical (unpaired) electrons. The van der Waals surface area contributed by atoms with Crippen LogP contribution in [0, 0.1) is 35.5 Å². The van der Waals surface area contributed by atoms with Crippen molar-refractivity contribution < 1.29 is 58.1 Å². The quantitative estimate of drug-likeness (QED) is 0.0412. The van der Waals surface area contributed by atoms with E-state index < -0.39 is 132 Å². The number of carboxylic acid groups (broad SMARTS) is 2. The van der Waals surface area contributed by atoms with Gasteiger partial charge in [-0.3, -0.25) is 43.3 Å². The molecule has 2 rings (SSSR count). The van der Waals surface area contributed by atoms with Crippen molar-refractivity contribution in [3.05, 3.63) is 72.0 Å². The van der Waals surface area contributed by atoms with Gasteiger partial charge in [-0.05, 0) is 57.4 Å². The number of methoxy groups -OCH3 is 1. The van der Waals surface area contributed by atoms with Gasteiger partial charge in [0.15, 0.2) is 11.7 Å². The number of amides is 5. The first-order valence-electron chi connectivity index (χ1n) is 23.9. The normalized spacial score (nSPS) is 25.5. The topological polar surface area (TPSA) is 319 Å². The Kier molecular flexibility index (Phi) is 25.1. The van der Waals surface area contributed by atoms with Crippen molar-refractivity contribution in [2.24, 2.45) is 52.0 Å². The number of guanidine groups is 1. The number of carbonyl (C=O) groups excluding carboxylic acids is 7. The average molecular weight is 993 g/mol. The molecule has 0 unspecified atom stereocenters. The monoisotopic (exact) mass is 993 g/mol. The van der Waals surface area contributed by atoms with Crippen molar-refractivity contribution in [1.29, 1.82) is 0 Å². The Labute approximate surface area is 416 Å². The molecule has 1 aromatic carbocycles. The van der Waals surface area contributed by atoms with Crippen molar-refractivity contribution in [2.75, 3.05) is 20.7 Å². The lowest BCUT2D eigenvalue weighted by Crippen LogP contribution is -2.52. The van der Waals surface area contributed by atoms with Gasteiger partial charge in [-0.25, -0.2) is 4.79 Å². The van der Waals surface area contributed by atoms with Gasteiger partial charge in [0.05, 0.1) is 30.0 Å². The molecule has 392 valence electrons. The van der Waals surface area contributed by atoms with E-state index in [0.717, 1.165) is 16.0 Å². The van der Waals surface area contributed by atoms with E-state index in [0.29, 0.717) is 6.42 Å². The lowest BCUT2D eigenvalue weighted by molar-refractivity contribution is -0.149. The highest BCUT2D eigenvalue weighted by Crippen LogP contribution is 2.26. The molecule has 1 aliphatic rings. The molecular weight excluding hydrogens is 917 g/mol. The summed E-state index contributed by atoms with van der Waals surface area (Å²) < 4.78 is 5.82. The van der Waals surface area contributed by atoms with Crippen molar-refractivity contribution in [2.45, 2.75) is 130 Å². The van der Waals surface area contributed by atoms with Gasteiger partial charge >= 0.3 is 11.9 Å². The van der Waals surface area contributed by atoms with Gasteiger partial charge in [-0.1, -0.05) is 95.3 Å². The number of ketones is 2. The summed E-state index contributed by atoms with van der Waals surface area (Å²) in [7, 11) is 2.85. The van der Waals surface area contributed by atoms with Gasteiger partial charge in [-0.15, -0.1) is 0 Å². The van der Waals surface area contributed by atoms with Crippen molar-refractivity contribution in [3.63, 3.8) is 0 Å². The molecule has 1 saturated heterocycles. The van der Waals surface area contributed by atoms with E-state index in [-0.39, 0.29) is 49.7 Å². The van der Waals surface area contributed by atoms with Crippen LogP contribution in [0.15, 0.2) is 71.4 Å². The zero-order valence-corrected chi connectivity index (χ0v) is 42.6. The highest BCUT2D eigenvalue weighted by atomic mass is 16.5. The number of rotatable bonds is 15. The van der Waals surface area contributed by atoms with Crippen LogP contribution < -0.4 is 32.7 Å².